The smallest absolute Gasteiger partial charge is 0.316 e. The van der Waals surface area contributed by atoms with Gasteiger partial charge in [-0.3, -0.25) is 0 Å². The summed E-state index contributed by atoms with van der Waals surface area (Å²) in [6.45, 7) is 2.98. The summed E-state index contributed by atoms with van der Waals surface area (Å²) in [4.78, 5) is 10.3. The van der Waals surface area contributed by atoms with Crippen molar-refractivity contribution in [2.75, 3.05) is 33.4 Å². The van der Waals surface area contributed by atoms with Crippen molar-refractivity contribution in [1.29, 1.82) is 0 Å². The molecule has 2 heterocycles. The molecule has 1 saturated heterocycles. The van der Waals surface area contributed by atoms with Crippen LogP contribution in [-0.2, 0) is 11.3 Å². The quantitative estimate of drug-likeness (QED) is 0.819. The topological polar surface area (TPSA) is 67.7 Å². The molecular formula is C12H19N3O3. The van der Waals surface area contributed by atoms with Crippen LogP contribution in [0, 0.1) is 0 Å². The SMILES string of the molecule is CN1CCCO[C@H](COc2nccc(CO)n2)C1. The average Bonchev–Trinajstić information content (AvgIpc) is 2.61. The van der Waals surface area contributed by atoms with Crippen LogP contribution in [0.5, 0.6) is 6.01 Å². The fourth-order valence-electron chi connectivity index (χ4n) is 1.88. The van der Waals surface area contributed by atoms with Crippen molar-refractivity contribution < 1.29 is 14.6 Å². The molecule has 6 nitrogen and oxygen atoms in total. The zero-order chi connectivity index (χ0) is 12.8. The standard InChI is InChI=1S/C12H19N3O3/c1-15-5-2-6-17-11(7-15)9-18-12-13-4-3-10(8-16)14-12/h3-4,11,16H,2,5-9H2,1H3/t11-/m0/s1. The third kappa shape index (κ3) is 3.90. The van der Waals surface area contributed by atoms with Gasteiger partial charge in [0.25, 0.3) is 0 Å². The van der Waals surface area contributed by atoms with Crippen LogP contribution in [-0.4, -0.2) is 59.4 Å². The Morgan fingerprint density at radius 3 is 3.33 bits per heavy atom. The third-order valence-electron chi connectivity index (χ3n) is 2.80. The summed E-state index contributed by atoms with van der Waals surface area (Å²) < 4.78 is 11.2. The highest BCUT2D eigenvalue weighted by molar-refractivity contribution is 5.04. The van der Waals surface area contributed by atoms with Crippen LogP contribution < -0.4 is 4.74 Å². The van der Waals surface area contributed by atoms with Crippen molar-refractivity contribution in [2.45, 2.75) is 19.1 Å². The van der Waals surface area contributed by atoms with Crippen molar-refractivity contribution in [3.05, 3.63) is 18.0 Å². The second-order valence-electron chi connectivity index (χ2n) is 4.41. The predicted octanol–water partition coefficient (Wildman–Crippen LogP) is 0.0684. The first-order valence-corrected chi connectivity index (χ1v) is 6.13. The van der Waals surface area contributed by atoms with E-state index in [2.05, 4.69) is 21.9 Å². The molecule has 0 bridgehead atoms. The molecule has 0 aromatic carbocycles. The van der Waals surface area contributed by atoms with E-state index in [4.69, 9.17) is 14.6 Å². The van der Waals surface area contributed by atoms with E-state index in [-0.39, 0.29) is 18.7 Å². The zero-order valence-electron chi connectivity index (χ0n) is 10.6. The van der Waals surface area contributed by atoms with Crippen LogP contribution in [0.1, 0.15) is 12.1 Å². The number of aliphatic hydroxyl groups excluding tert-OH is 1. The van der Waals surface area contributed by atoms with Gasteiger partial charge >= 0.3 is 6.01 Å². The fraction of sp³-hybridized carbons (Fsp3) is 0.667. The minimum Gasteiger partial charge on any atom is -0.461 e. The molecule has 1 aromatic rings. The number of rotatable bonds is 4. The highest BCUT2D eigenvalue weighted by Crippen LogP contribution is 2.07. The summed E-state index contributed by atoms with van der Waals surface area (Å²) in [6, 6.07) is 1.94. The number of ether oxygens (including phenoxy) is 2. The summed E-state index contributed by atoms with van der Waals surface area (Å²) in [7, 11) is 2.07. The van der Waals surface area contributed by atoms with E-state index >= 15 is 0 Å². The molecule has 1 fully saturated rings. The van der Waals surface area contributed by atoms with E-state index in [0.29, 0.717) is 12.3 Å². The molecule has 6 heteroatoms. The largest absolute Gasteiger partial charge is 0.461 e. The van der Waals surface area contributed by atoms with Crippen LogP contribution in [0.15, 0.2) is 12.3 Å². The first-order chi connectivity index (χ1) is 8.78. The van der Waals surface area contributed by atoms with Gasteiger partial charge in [-0.15, -0.1) is 0 Å². The van der Waals surface area contributed by atoms with Gasteiger partial charge in [0.15, 0.2) is 0 Å². The van der Waals surface area contributed by atoms with E-state index in [0.717, 1.165) is 26.1 Å². The molecule has 0 amide bonds. The zero-order valence-corrected chi connectivity index (χ0v) is 10.6. The van der Waals surface area contributed by atoms with Crippen molar-refractivity contribution in [1.82, 2.24) is 14.9 Å². The Bertz CT molecular complexity index is 375. The molecule has 0 aliphatic carbocycles. The van der Waals surface area contributed by atoms with Crippen LogP contribution in [0.3, 0.4) is 0 Å². The Hall–Kier alpha value is -1.24. The first-order valence-electron chi connectivity index (χ1n) is 6.13. The van der Waals surface area contributed by atoms with E-state index < -0.39 is 0 Å². The number of likely N-dealkylation sites (N-methyl/N-ethyl adjacent to an activating group) is 1. The number of aromatic nitrogens is 2. The number of aliphatic hydroxyl groups is 1. The lowest BCUT2D eigenvalue weighted by Crippen LogP contribution is -2.33. The van der Waals surface area contributed by atoms with Gasteiger partial charge in [-0.2, -0.15) is 4.98 Å². The van der Waals surface area contributed by atoms with E-state index in [1.807, 2.05) is 0 Å². The minimum absolute atomic E-state index is 0.0406. The van der Waals surface area contributed by atoms with Crippen molar-refractivity contribution >= 4 is 0 Å². The van der Waals surface area contributed by atoms with Gasteiger partial charge in [0.05, 0.1) is 12.3 Å². The molecule has 1 aromatic heterocycles. The molecule has 1 N–H and O–H groups in total. The van der Waals surface area contributed by atoms with Crippen molar-refractivity contribution in [2.24, 2.45) is 0 Å². The molecule has 2 rings (SSSR count). The highest BCUT2D eigenvalue weighted by atomic mass is 16.5. The Morgan fingerprint density at radius 1 is 1.61 bits per heavy atom. The normalized spacial score (nSPS) is 21.6. The summed E-state index contributed by atoms with van der Waals surface area (Å²) in [5, 5.41) is 8.97. The predicted molar refractivity (Wildman–Crippen MR) is 65.3 cm³/mol. The molecule has 1 aliphatic rings. The monoisotopic (exact) mass is 253 g/mol. The molecule has 0 spiro atoms. The summed E-state index contributed by atoms with van der Waals surface area (Å²) in [5.74, 6) is 0. The van der Waals surface area contributed by atoms with Crippen LogP contribution >= 0.6 is 0 Å². The van der Waals surface area contributed by atoms with Gasteiger partial charge < -0.3 is 19.5 Å². The molecular weight excluding hydrogens is 234 g/mol. The summed E-state index contributed by atoms with van der Waals surface area (Å²) >= 11 is 0. The van der Waals surface area contributed by atoms with Crippen LogP contribution in [0.2, 0.25) is 0 Å². The summed E-state index contributed by atoms with van der Waals surface area (Å²) in [5.41, 5.74) is 0.555. The maximum absolute atomic E-state index is 8.97. The number of nitrogens with zero attached hydrogens (tertiary/aromatic N) is 3. The molecule has 0 radical (unpaired) electrons. The highest BCUT2D eigenvalue weighted by Gasteiger charge is 2.17. The Kier molecular flexibility index (Phi) is 4.86. The van der Waals surface area contributed by atoms with Gasteiger partial charge in [-0.1, -0.05) is 0 Å². The van der Waals surface area contributed by atoms with Crippen LogP contribution in [0.4, 0.5) is 0 Å². The number of hydrogen-bond acceptors (Lipinski definition) is 6. The van der Waals surface area contributed by atoms with Gasteiger partial charge in [0, 0.05) is 25.9 Å². The van der Waals surface area contributed by atoms with Gasteiger partial charge in [0.2, 0.25) is 0 Å². The van der Waals surface area contributed by atoms with E-state index in [9.17, 15) is 0 Å². The Balaban J connectivity index is 1.85. The van der Waals surface area contributed by atoms with E-state index in [1.54, 1.807) is 12.3 Å². The van der Waals surface area contributed by atoms with Crippen molar-refractivity contribution in [3.8, 4) is 6.01 Å². The fourth-order valence-corrected chi connectivity index (χ4v) is 1.88. The van der Waals surface area contributed by atoms with Crippen molar-refractivity contribution in [3.63, 3.8) is 0 Å². The Labute approximate surface area is 107 Å². The second kappa shape index (κ2) is 6.63. The second-order valence-corrected chi connectivity index (χ2v) is 4.41. The average molecular weight is 253 g/mol. The first kappa shape index (κ1) is 13.2. The number of hydrogen-bond donors (Lipinski definition) is 1. The van der Waals surface area contributed by atoms with E-state index in [1.165, 1.54) is 0 Å². The molecule has 100 valence electrons. The Morgan fingerprint density at radius 2 is 2.50 bits per heavy atom. The lowest BCUT2D eigenvalue weighted by molar-refractivity contribution is 0.0208. The van der Waals surface area contributed by atoms with Gasteiger partial charge in [-0.05, 0) is 19.5 Å². The lowest BCUT2D eigenvalue weighted by atomic mass is 10.3. The summed E-state index contributed by atoms with van der Waals surface area (Å²) in [6.07, 6.45) is 2.66. The maximum Gasteiger partial charge on any atom is 0.316 e. The molecule has 0 saturated carbocycles. The minimum atomic E-state index is -0.110. The van der Waals surface area contributed by atoms with Gasteiger partial charge in [0.1, 0.15) is 12.7 Å². The molecule has 18 heavy (non-hydrogen) atoms. The third-order valence-corrected chi connectivity index (χ3v) is 2.80. The lowest BCUT2D eigenvalue weighted by Gasteiger charge is -2.19. The molecule has 1 aliphatic heterocycles. The van der Waals surface area contributed by atoms with Crippen LogP contribution in [0.25, 0.3) is 0 Å². The maximum atomic E-state index is 8.97. The van der Waals surface area contributed by atoms with Gasteiger partial charge in [-0.25, -0.2) is 4.98 Å². The molecule has 0 unspecified atom stereocenters. The molecule has 1 atom stereocenters.